The van der Waals surface area contributed by atoms with Crippen molar-refractivity contribution in [2.24, 2.45) is 0 Å². The number of piperidine rings is 1. The standard InChI is InChI=1S/C21H23ClN4O3/c1-2-28-19-5-3-4-13-26(19)21(27)24-29-16-8-6-15(7-9-16)17-10-11-18-23-12-14-25(18)20(17)22/h6-12,14,19H,2-5,13H2,1H3,(H,24,27). The molecule has 0 radical (unpaired) electrons. The second-order valence-electron chi connectivity index (χ2n) is 6.83. The smallest absolute Gasteiger partial charge is 0.352 e. The molecule has 8 heteroatoms. The lowest BCUT2D eigenvalue weighted by atomic mass is 10.1. The largest absolute Gasteiger partial charge is 0.378 e. The molecule has 0 saturated carbocycles. The molecule has 1 N–H and O–H groups in total. The zero-order valence-corrected chi connectivity index (χ0v) is 16.9. The molecule has 1 saturated heterocycles. The van der Waals surface area contributed by atoms with Crippen molar-refractivity contribution < 1.29 is 14.4 Å². The number of halogens is 1. The van der Waals surface area contributed by atoms with Crippen LogP contribution in [0.2, 0.25) is 5.15 Å². The average molecular weight is 415 g/mol. The molecule has 3 heterocycles. The van der Waals surface area contributed by atoms with Crippen LogP contribution in [0.5, 0.6) is 5.75 Å². The quantitative estimate of drug-likeness (QED) is 0.492. The van der Waals surface area contributed by atoms with Crippen molar-refractivity contribution >= 4 is 23.3 Å². The van der Waals surface area contributed by atoms with Crippen LogP contribution in [0, 0.1) is 0 Å². The number of hydrogen-bond donors (Lipinski definition) is 1. The van der Waals surface area contributed by atoms with Gasteiger partial charge in [0.2, 0.25) is 0 Å². The highest BCUT2D eigenvalue weighted by Crippen LogP contribution is 2.30. The van der Waals surface area contributed by atoms with Gasteiger partial charge in [-0.3, -0.25) is 9.30 Å². The highest BCUT2D eigenvalue weighted by atomic mass is 35.5. The molecule has 1 atom stereocenters. The lowest BCUT2D eigenvalue weighted by Crippen LogP contribution is -2.50. The van der Waals surface area contributed by atoms with Crippen molar-refractivity contribution in [3.63, 3.8) is 0 Å². The third kappa shape index (κ3) is 4.16. The number of imidazole rings is 1. The Morgan fingerprint density at radius 1 is 1.24 bits per heavy atom. The summed E-state index contributed by atoms with van der Waals surface area (Å²) in [6, 6.07) is 10.9. The number of benzene rings is 1. The number of nitrogens with zero attached hydrogens (tertiary/aromatic N) is 3. The third-order valence-electron chi connectivity index (χ3n) is 4.99. The van der Waals surface area contributed by atoms with Crippen molar-refractivity contribution in [2.75, 3.05) is 13.2 Å². The zero-order valence-electron chi connectivity index (χ0n) is 16.2. The number of ether oxygens (including phenoxy) is 1. The molecule has 0 aliphatic carbocycles. The molecular weight excluding hydrogens is 392 g/mol. The van der Waals surface area contributed by atoms with Gasteiger partial charge in [-0.2, -0.15) is 5.48 Å². The molecule has 1 unspecified atom stereocenters. The maximum atomic E-state index is 12.5. The Kier molecular flexibility index (Phi) is 5.87. The van der Waals surface area contributed by atoms with Gasteiger partial charge in [-0.05, 0) is 56.0 Å². The molecule has 152 valence electrons. The van der Waals surface area contributed by atoms with Gasteiger partial charge in [-0.15, -0.1) is 0 Å². The fraction of sp³-hybridized carbons (Fsp3) is 0.333. The maximum absolute atomic E-state index is 12.5. The van der Waals surface area contributed by atoms with E-state index >= 15 is 0 Å². The van der Waals surface area contributed by atoms with Crippen molar-refractivity contribution in [1.82, 2.24) is 19.8 Å². The number of rotatable bonds is 5. The van der Waals surface area contributed by atoms with E-state index in [0.717, 1.165) is 36.0 Å². The highest BCUT2D eigenvalue weighted by molar-refractivity contribution is 6.32. The van der Waals surface area contributed by atoms with Gasteiger partial charge in [0, 0.05) is 31.1 Å². The first kappa shape index (κ1) is 19.5. The van der Waals surface area contributed by atoms with Crippen LogP contribution >= 0.6 is 11.6 Å². The van der Waals surface area contributed by atoms with Gasteiger partial charge in [-0.25, -0.2) is 9.78 Å². The molecule has 2 amide bonds. The number of hydrogen-bond acceptors (Lipinski definition) is 4. The molecule has 2 aromatic heterocycles. The van der Waals surface area contributed by atoms with Crippen molar-refractivity contribution in [3.8, 4) is 16.9 Å². The van der Waals surface area contributed by atoms with Gasteiger partial charge in [0.05, 0.1) is 0 Å². The summed E-state index contributed by atoms with van der Waals surface area (Å²) in [6.45, 7) is 3.16. The molecule has 1 aliphatic heterocycles. The maximum Gasteiger partial charge on any atom is 0.352 e. The highest BCUT2D eigenvalue weighted by Gasteiger charge is 2.27. The molecule has 4 rings (SSSR count). The van der Waals surface area contributed by atoms with Crippen LogP contribution in [-0.4, -0.2) is 39.7 Å². The van der Waals surface area contributed by atoms with Gasteiger partial charge in [-0.1, -0.05) is 23.7 Å². The Morgan fingerprint density at radius 2 is 2.07 bits per heavy atom. The second-order valence-corrected chi connectivity index (χ2v) is 7.18. The minimum Gasteiger partial charge on any atom is -0.378 e. The molecule has 3 aromatic rings. The molecular formula is C21H23ClN4O3. The molecule has 0 spiro atoms. The first-order chi connectivity index (χ1) is 14.2. The number of pyridine rings is 1. The van der Waals surface area contributed by atoms with Crippen LogP contribution in [0.3, 0.4) is 0 Å². The van der Waals surface area contributed by atoms with Crippen molar-refractivity contribution in [3.05, 3.63) is 53.9 Å². The van der Waals surface area contributed by atoms with Crippen LogP contribution in [0.4, 0.5) is 4.79 Å². The summed E-state index contributed by atoms with van der Waals surface area (Å²) in [5, 5.41) is 0.592. The number of hydroxylamine groups is 1. The Morgan fingerprint density at radius 3 is 2.86 bits per heavy atom. The van der Waals surface area contributed by atoms with E-state index < -0.39 is 0 Å². The Labute approximate surface area is 174 Å². The van der Waals surface area contributed by atoms with Gasteiger partial charge >= 0.3 is 6.03 Å². The first-order valence-electron chi connectivity index (χ1n) is 9.74. The Hall–Kier alpha value is -2.77. The summed E-state index contributed by atoms with van der Waals surface area (Å²) in [5.41, 5.74) is 5.14. The molecule has 0 bridgehead atoms. The molecule has 7 nitrogen and oxygen atoms in total. The number of likely N-dealkylation sites (tertiary alicyclic amines) is 1. The van der Waals surface area contributed by atoms with Gasteiger partial charge in [0.15, 0.2) is 5.75 Å². The lowest BCUT2D eigenvalue weighted by molar-refractivity contribution is -0.0564. The fourth-order valence-electron chi connectivity index (χ4n) is 3.54. The monoisotopic (exact) mass is 414 g/mol. The summed E-state index contributed by atoms with van der Waals surface area (Å²) >= 11 is 6.50. The average Bonchev–Trinajstić information content (AvgIpc) is 3.23. The minimum absolute atomic E-state index is 0.194. The Balaban J connectivity index is 1.41. The fourth-order valence-corrected chi connectivity index (χ4v) is 3.85. The summed E-state index contributed by atoms with van der Waals surface area (Å²) in [4.78, 5) is 23.9. The predicted molar refractivity (Wildman–Crippen MR) is 111 cm³/mol. The van der Waals surface area contributed by atoms with E-state index in [9.17, 15) is 4.79 Å². The summed E-state index contributed by atoms with van der Waals surface area (Å²) in [5.74, 6) is 0.534. The molecule has 1 fully saturated rings. The number of fused-ring (bicyclic) bond motifs is 1. The van der Waals surface area contributed by atoms with E-state index in [1.54, 1.807) is 23.2 Å². The number of carbonyl (C=O) groups excluding carboxylic acids is 1. The van der Waals surface area contributed by atoms with Gasteiger partial charge in [0.25, 0.3) is 0 Å². The van der Waals surface area contributed by atoms with E-state index in [-0.39, 0.29) is 12.3 Å². The van der Waals surface area contributed by atoms with Crippen molar-refractivity contribution in [2.45, 2.75) is 32.4 Å². The predicted octanol–water partition coefficient (Wildman–Crippen LogP) is 4.51. The summed E-state index contributed by atoms with van der Waals surface area (Å²) in [6.07, 6.45) is 6.21. The second kappa shape index (κ2) is 8.71. The van der Waals surface area contributed by atoms with Crippen molar-refractivity contribution in [1.29, 1.82) is 0 Å². The van der Waals surface area contributed by atoms with Crippen LogP contribution in [-0.2, 0) is 4.74 Å². The molecule has 1 aromatic carbocycles. The number of urea groups is 1. The van der Waals surface area contributed by atoms with Gasteiger partial charge < -0.3 is 9.57 Å². The normalized spacial score (nSPS) is 16.8. The van der Waals surface area contributed by atoms with E-state index in [2.05, 4.69) is 10.5 Å². The summed E-state index contributed by atoms with van der Waals surface area (Å²) in [7, 11) is 0. The van der Waals surface area contributed by atoms with E-state index in [1.807, 2.05) is 41.8 Å². The number of carbonyl (C=O) groups is 1. The van der Waals surface area contributed by atoms with Gasteiger partial charge in [0.1, 0.15) is 17.0 Å². The molecule has 1 aliphatic rings. The zero-order chi connectivity index (χ0) is 20.2. The first-order valence-corrected chi connectivity index (χ1v) is 10.1. The summed E-state index contributed by atoms with van der Waals surface area (Å²) < 4.78 is 7.49. The topological polar surface area (TPSA) is 68.1 Å². The van der Waals surface area contributed by atoms with Crippen LogP contribution in [0.1, 0.15) is 26.2 Å². The van der Waals surface area contributed by atoms with E-state index in [1.165, 1.54) is 0 Å². The Bertz CT molecular complexity index is 987. The van der Waals surface area contributed by atoms with E-state index in [4.69, 9.17) is 21.2 Å². The number of amides is 2. The van der Waals surface area contributed by atoms with Crippen LogP contribution < -0.4 is 10.3 Å². The molecule has 29 heavy (non-hydrogen) atoms. The lowest BCUT2D eigenvalue weighted by Gasteiger charge is -2.34. The minimum atomic E-state index is -0.291. The van der Waals surface area contributed by atoms with Crippen LogP contribution in [0.25, 0.3) is 16.8 Å². The number of aromatic nitrogens is 2. The van der Waals surface area contributed by atoms with Crippen LogP contribution in [0.15, 0.2) is 48.8 Å². The van der Waals surface area contributed by atoms with E-state index in [0.29, 0.717) is 24.1 Å². The third-order valence-corrected chi connectivity index (χ3v) is 5.38. The number of nitrogens with one attached hydrogen (secondary N) is 1. The SMILES string of the molecule is CCOC1CCCCN1C(=O)NOc1ccc(-c2ccc3nccn3c2Cl)cc1.